The molecule has 1 fully saturated rings. The van der Waals surface area contributed by atoms with Gasteiger partial charge in [0.2, 0.25) is 5.91 Å². The summed E-state index contributed by atoms with van der Waals surface area (Å²) in [7, 11) is 0. The van der Waals surface area contributed by atoms with Gasteiger partial charge in [-0.1, -0.05) is 17.8 Å². The summed E-state index contributed by atoms with van der Waals surface area (Å²) in [5.41, 5.74) is 0.719. The number of nitro benzene ring substituents is 1. The number of carbonyl (C=O) groups excluding carboxylic acids is 1. The molecular formula is C18H21N5O4S. The van der Waals surface area contributed by atoms with Crippen LogP contribution < -0.4 is 0 Å². The van der Waals surface area contributed by atoms with Gasteiger partial charge in [0.15, 0.2) is 11.0 Å². The summed E-state index contributed by atoms with van der Waals surface area (Å²) in [4.78, 5) is 24.9. The predicted octanol–water partition coefficient (Wildman–Crippen LogP) is 2.38. The van der Waals surface area contributed by atoms with E-state index in [4.69, 9.17) is 4.74 Å². The first kappa shape index (κ1) is 20.0. The Hall–Kier alpha value is -2.72. The van der Waals surface area contributed by atoms with E-state index in [0.717, 1.165) is 0 Å². The number of allylic oxidation sites excluding steroid dienone is 1. The Morgan fingerprint density at radius 3 is 2.64 bits per heavy atom. The zero-order valence-electron chi connectivity index (χ0n) is 15.5. The average molecular weight is 403 g/mol. The SMILES string of the molecule is C=CCn1c(S[C@@H](C)C(=O)N2CCOCC2)nnc1-c1ccc([N+](=O)[O-])cc1. The smallest absolute Gasteiger partial charge is 0.269 e. The number of nitro groups is 1. The quantitative estimate of drug-likeness (QED) is 0.303. The second-order valence-corrected chi connectivity index (χ2v) is 7.52. The Morgan fingerprint density at radius 1 is 1.36 bits per heavy atom. The second-order valence-electron chi connectivity index (χ2n) is 6.21. The normalized spacial score (nSPS) is 15.2. The number of hydrogen-bond acceptors (Lipinski definition) is 7. The zero-order valence-corrected chi connectivity index (χ0v) is 16.3. The Morgan fingerprint density at radius 2 is 2.04 bits per heavy atom. The lowest BCUT2D eigenvalue weighted by Gasteiger charge is -2.28. The number of carbonyl (C=O) groups is 1. The van der Waals surface area contributed by atoms with Gasteiger partial charge < -0.3 is 9.64 Å². The number of amides is 1. The van der Waals surface area contributed by atoms with E-state index in [2.05, 4.69) is 16.8 Å². The third-order valence-electron chi connectivity index (χ3n) is 4.32. The third kappa shape index (κ3) is 4.39. The fraction of sp³-hybridized carbons (Fsp3) is 0.389. The highest BCUT2D eigenvalue weighted by atomic mass is 32.2. The van der Waals surface area contributed by atoms with Crippen LogP contribution in [0.3, 0.4) is 0 Å². The highest BCUT2D eigenvalue weighted by Gasteiger charge is 2.25. The summed E-state index contributed by atoms with van der Waals surface area (Å²) >= 11 is 1.34. The molecule has 0 saturated carbocycles. The van der Waals surface area contributed by atoms with Crippen molar-refractivity contribution in [1.29, 1.82) is 0 Å². The van der Waals surface area contributed by atoms with Crippen LogP contribution in [0.2, 0.25) is 0 Å². The summed E-state index contributed by atoms with van der Waals surface area (Å²) < 4.78 is 7.14. The van der Waals surface area contributed by atoms with E-state index in [0.29, 0.717) is 49.4 Å². The van der Waals surface area contributed by atoms with Crippen molar-refractivity contribution in [2.45, 2.75) is 23.9 Å². The van der Waals surface area contributed by atoms with E-state index < -0.39 is 4.92 Å². The maximum Gasteiger partial charge on any atom is 0.269 e. The van der Waals surface area contributed by atoms with Crippen molar-refractivity contribution in [1.82, 2.24) is 19.7 Å². The van der Waals surface area contributed by atoms with E-state index in [1.165, 1.54) is 23.9 Å². The molecule has 1 aliphatic heterocycles. The number of ether oxygens (including phenoxy) is 1. The first-order valence-corrected chi connectivity index (χ1v) is 9.71. The number of benzene rings is 1. The van der Waals surface area contributed by atoms with Gasteiger partial charge in [-0.15, -0.1) is 16.8 Å². The molecule has 3 rings (SSSR count). The van der Waals surface area contributed by atoms with Gasteiger partial charge in [-0.3, -0.25) is 19.5 Å². The van der Waals surface area contributed by atoms with E-state index in [1.807, 2.05) is 11.5 Å². The standard InChI is InChI=1S/C18H21N5O4S/c1-3-8-22-16(14-4-6-15(7-5-14)23(25)26)19-20-18(22)28-13(2)17(24)21-9-11-27-12-10-21/h3-7,13H,1,8-12H2,2H3/t13-/m0/s1. The maximum atomic E-state index is 12.7. The van der Waals surface area contributed by atoms with Crippen LogP contribution in [-0.2, 0) is 16.1 Å². The molecule has 1 aromatic carbocycles. The van der Waals surface area contributed by atoms with Crippen molar-refractivity contribution >= 4 is 23.4 Å². The minimum atomic E-state index is -0.446. The van der Waals surface area contributed by atoms with Crippen molar-refractivity contribution in [3.8, 4) is 11.4 Å². The third-order valence-corrected chi connectivity index (χ3v) is 5.39. The van der Waals surface area contributed by atoms with E-state index in [1.54, 1.807) is 23.1 Å². The fourth-order valence-corrected chi connectivity index (χ4v) is 3.81. The largest absolute Gasteiger partial charge is 0.378 e. The second kappa shape index (κ2) is 8.98. The number of morpholine rings is 1. The lowest BCUT2D eigenvalue weighted by Crippen LogP contribution is -2.44. The first-order chi connectivity index (χ1) is 13.5. The summed E-state index contributed by atoms with van der Waals surface area (Å²) in [5.74, 6) is 0.613. The Labute approximate surface area is 166 Å². The highest BCUT2D eigenvalue weighted by molar-refractivity contribution is 8.00. The highest BCUT2D eigenvalue weighted by Crippen LogP contribution is 2.28. The van der Waals surface area contributed by atoms with Crippen LogP contribution in [-0.4, -0.2) is 62.0 Å². The van der Waals surface area contributed by atoms with Gasteiger partial charge in [-0.05, 0) is 19.1 Å². The monoisotopic (exact) mass is 403 g/mol. The molecule has 9 nitrogen and oxygen atoms in total. The number of nitrogens with zero attached hydrogens (tertiary/aromatic N) is 5. The minimum Gasteiger partial charge on any atom is -0.378 e. The van der Waals surface area contributed by atoms with Crippen LogP contribution in [0.5, 0.6) is 0 Å². The minimum absolute atomic E-state index is 0.0119. The molecule has 0 aliphatic carbocycles. The van der Waals surface area contributed by atoms with Crippen LogP contribution in [0.1, 0.15) is 6.92 Å². The molecule has 2 heterocycles. The van der Waals surface area contributed by atoms with E-state index in [9.17, 15) is 14.9 Å². The van der Waals surface area contributed by atoms with Gasteiger partial charge in [-0.25, -0.2) is 0 Å². The molecule has 1 aliphatic rings. The van der Waals surface area contributed by atoms with Crippen LogP contribution >= 0.6 is 11.8 Å². The Bertz CT molecular complexity index is 861. The van der Waals surface area contributed by atoms with E-state index >= 15 is 0 Å². The van der Waals surface area contributed by atoms with Gasteiger partial charge in [0.1, 0.15) is 0 Å². The molecule has 28 heavy (non-hydrogen) atoms. The molecule has 0 radical (unpaired) electrons. The number of non-ortho nitro benzene ring substituents is 1. The van der Waals surface area contributed by atoms with Crippen molar-refractivity contribution < 1.29 is 14.5 Å². The zero-order chi connectivity index (χ0) is 20.1. The molecule has 1 saturated heterocycles. The molecule has 0 unspecified atom stereocenters. The summed E-state index contributed by atoms with van der Waals surface area (Å²) in [6.45, 7) is 8.38. The molecule has 2 aromatic rings. The Balaban J connectivity index is 1.80. The summed E-state index contributed by atoms with van der Waals surface area (Å²) in [5, 5.41) is 19.6. The first-order valence-electron chi connectivity index (χ1n) is 8.83. The summed E-state index contributed by atoms with van der Waals surface area (Å²) in [6, 6.07) is 6.14. The molecule has 1 aromatic heterocycles. The lowest BCUT2D eigenvalue weighted by molar-refractivity contribution is -0.384. The van der Waals surface area contributed by atoms with Crippen LogP contribution in [0.25, 0.3) is 11.4 Å². The van der Waals surface area contributed by atoms with Crippen molar-refractivity contribution in [3.63, 3.8) is 0 Å². The molecule has 1 amide bonds. The Kier molecular flexibility index (Phi) is 6.42. The topological polar surface area (TPSA) is 103 Å². The van der Waals surface area contributed by atoms with Crippen LogP contribution in [0, 0.1) is 10.1 Å². The number of hydrogen-bond donors (Lipinski definition) is 0. The molecule has 0 spiro atoms. The van der Waals surface area contributed by atoms with Crippen molar-refractivity contribution in [2.75, 3.05) is 26.3 Å². The molecular weight excluding hydrogens is 382 g/mol. The number of rotatable bonds is 7. The molecule has 0 N–H and O–H groups in total. The molecule has 148 valence electrons. The number of thioether (sulfide) groups is 1. The lowest BCUT2D eigenvalue weighted by atomic mass is 10.2. The van der Waals surface area contributed by atoms with E-state index in [-0.39, 0.29) is 16.8 Å². The molecule has 1 atom stereocenters. The van der Waals surface area contributed by atoms with Gasteiger partial charge in [0.25, 0.3) is 5.69 Å². The average Bonchev–Trinajstić information content (AvgIpc) is 3.10. The van der Waals surface area contributed by atoms with Gasteiger partial charge in [0.05, 0.1) is 23.4 Å². The van der Waals surface area contributed by atoms with Crippen LogP contribution in [0.15, 0.2) is 42.1 Å². The predicted molar refractivity (Wildman–Crippen MR) is 105 cm³/mol. The summed E-state index contributed by atoms with van der Waals surface area (Å²) in [6.07, 6.45) is 1.72. The van der Waals surface area contributed by atoms with Gasteiger partial charge in [-0.2, -0.15) is 0 Å². The molecule has 0 bridgehead atoms. The molecule has 10 heteroatoms. The van der Waals surface area contributed by atoms with Crippen LogP contribution in [0.4, 0.5) is 5.69 Å². The fourth-order valence-electron chi connectivity index (χ4n) is 2.86. The van der Waals surface area contributed by atoms with Gasteiger partial charge >= 0.3 is 0 Å². The van der Waals surface area contributed by atoms with Crippen molar-refractivity contribution in [3.05, 3.63) is 47.0 Å². The van der Waals surface area contributed by atoms with Gasteiger partial charge in [0, 0.05) is 37.3 Å². The maximum absolute atomic E-state index is 12.7. The number of aromatic nitrogens is 3. The van der Waals surface area contributed by atoms with Crippen molar-refractivity contribution in [2.24, 2.45) is 0 Å².